The standard InChI is InChI=1S/C24H18N4O/c1-29-19-12-13-20-18(14-19)15-21(25-20)24-27-22(16-8-4-2-5-9-16)26-23(28-24)17-10-6-3-7-11-17/h2-15,25H,1H3. The number of rotatable bonds is 4. The average Bonchev–Trinajstić information content (AvgIpc) is 3.23. The third-order valence-corrected chi connectivity index (χ3v) is 4.77. The summed E-state index contributed by atoms with van der Waals surface area (Å²) >= 11 is 0. The topological polar surface area (TPSA) is 63.7 Å². The summed E-state index contributed by atoms with van der Waals surface area (Å²) in [5.74, 6) is 2.71. The average molecular weight is 378 g/mol. The van der Waals surface area contributed by atoms with E-state index >= 15 is 0 Å². The lowest BCUT2D eigenvalue weighted by atomic mass is 10.2. The van der Waals surface area contributed by atoms with Crippen LogP contribution in [0.2, 0.25) is 0 Å². The first kappa shape index (κ1) is 17.1. The van der Waals surface area contributed by atoms with Gasteiger partial charge in [-0.3, -0.25) is 0 Å². The van der Waals surface area contributed by atoms with E-state index in [0.717, 1.165) is 33.5 Å². The maximum absolute atomic E-state index is 5.34. The van der Waals surface area contributed by atoms with Crippen molar-refractivity contribution in [3.05, 3.63) is 84.9 Å². The van der Waals surface area contributed by atoms with E-state index in [1.54, 1.807) is 7.11 Å². The minimum atomic E-state index is 0.605. The van der Waals surface area contributed by atoms with Crippen molar-refractivity contribution in [3.8, 4) is 40.0 Å². The van der Waals surface area contributed by atoms with Crippen molar-refractivity contribution < 1.29 is 4.74 Å². The van der Waals surface area contributed by atoms with Gasteiger partial charge in [-0.2, -0.15) is 0 Å². The molecule has 1 N–H and O–H groups in total. The van der Waals surface area contributed by atoms with Gasteiger partial charge in [-0.05, 0) is 24.3 Å². The fourth-order valence-corrected chi connectivity index (χ4v) is 3.29. The maximum Gasteiger partial charge on any atom is 0.180 e. The number of ether oxygens (including phenoxy) is 1. The van der Waals surface area contributed by atoms with Crippen molar-refractivity contribution in [3.63, 3.8) is 0 Å². The fourth-order valence-electron chi connectivity index (χ4n) is 3.29. The molecule has 2 heterocycles. The zero-order valence-corrected chi connectivity index (χ0v) is 15.8. The Labute approximate surface area is 168 Å². The summed E-state index contributed by atoms with van der Waals surface area (Å²) in [6.07, 6.45) is 0. The maximum atomic E-state index is 5.34. The molecule has 0 atom stereocenters. The van der Waals surface area contributed by atoms with Crippen LogP contribution in [0, 0.1) is 0 Å². The minimum Gasteiger partial charge on any atom is -0.497 e. The first-order valence-electron chi connectivity index (χ1n) is 9.34. The highest BCUT2D eigenvalue weighted by Gasteiger charge is 2.13. The molecule has 5 rings (SSSR count). The third kappa shape index (κ3) is 3.34. The number of fused-ring (bicyclic) bond motifs is 1. The van der Waals surface area contributed by atoms with E-state index in [1.165, 1.54) is 0 Å². The Morgan fingerprint density at radius 1 is 0.655 bits per heavy atom. The van der Waals surface area contributed by atoms with E-state index in [9.17, 15) is 0 Å². The molecule has 0 saturated carbocycles. The second-order valence-corrected chi connectivity index (χ2v) is 6.67. The van der Waals surface area contributed by atoms with Gasteiger partial charge < -0.3 is 9.72 Å². The van der Waals surface area contributed by atoms with E-state index in [1.807, 2.05) is 84.9 Å². The SMILES string of the molecule is COc1ccc2[nH]c(-c3nc(-c4ccccc4)nc(-c4ccccc4)n3)cc2c1. The van der Waals surface area contributed by atoms with Crippen LogP contribution in [-0.2, 0) is 0 Å². The first-order valence-corrected chi connectivity index (χ1v) is 9.34. The molecule has 0 aliphatic heterocycles. The Kier molecular flexibility index (Phi) is 4.26. The minimum absolute atomic E-state index is 0.605. The van der Waals surface area contributed by atoms with Gasteiger partial charge in [-0.25, -0.2) is 15.0 Å². The number of methoxy groups -OCH3 is 1. The van der Waals surface area contributed by atoms with Gasteiger partial charge >= 0.3 is 0 Å². The van der Waals surface area contributed by atoms with Gasteiger partial charge in [0.25, 0.3) is 0 Å². The lowest BCUT2D eigenvalue weighted by Gasteiger charge is -2.07. The summed E-state index contributed by atoms with van der Waals surface area (Å²) in [5, 5.41) is 1.04. The summed E-state index contributed by atoms with van der Waals surface area (Å²) < 4.78 is 5.34. The molecule has 29 heavy (non-hydrogen) atoms. The van der Waals surface area contributed by atoms with Gasteiger partial charge in [0, 0.05) is 22.0 Å². The van der Waals surface area contributed by atoms with Crippen LogP contribution < -0.4 is 4.74 Å². The van der Waals surface area contributed by atoms with Gasteiger partial charge in [-0.15, -0.1) is 0 Å². The number of nitrogens with zero attached hydrogens (tertiary/aromatic N) is 3. The van der Waals surface area contributed by atoms with E-state index in [-0.39, 0.29) is 0 Å². The lowest BCUT2D eigenvalue weighted by molar-refractivity contribution is 0.415. The van der Waals surface area contributed by atoms with Crippen LogP contribution >= 0.6 is 0 Å². The van der Waals surface area contributed by atoms with Gasteiger partial charge in [0.2, 0.25) is 0 Å². The number of hydrogen-bond acceptors (Lipinski definition) is 4. The van der Waals surface area contributed by atoms with Crippen LogP contribution in [-0.4, -0.2) is 27.0 Å². The zero-order chi connectivity index (χ0) is 19.6. The van der Waals surface area contributed by atoms with Gasteiger partial charge in [-0.1, -0.05) is 60.7 Å². The number of hydrogen-bond donors (Lipinski definition) is 1. The molecule has 3 aromatic carbocycles. The van der Waals surface area contributed by atoms with Crippen LogP contribution in [0.1, 0.15) is 0 Å². The van der Waals surface area contributed by atoms with Crippen molar-refractivity contribution in [2.24, 2.45) is 0 Å². The summed E-state index contributed by atoms with van der Waals surface area (Å²) in [6.45, 7) is 0. The molecule has 0 fully saturated rings. The largest absolute Gasteiger partial charge is 0.497 e. The highest BCUT2D eigenvalue weighted by molar-refractivity contribution is 5.86. The molecule has 0 aliphatic rings. The summed E-state index contributed by atoms with van der Waals surface area (Å²) in [7, 11) is 1.67. The van der Waals surface area contributed by atoms with Crippen molar-refractivity contribution in [1.82, 2.24) is 19.9 Å². The Morgan fingerprint density at radius 2 is 1.24 bits per heavy atom. The molecule has 0 spiro atoms. The van der Waals surface area contributed by atoms with Gasteiger partial charge in [0.1, 0.15) is 5.75 Å². The monoisotopic (exact) mass is 378 g/mol. The molecule has 0 radical (unpaired) electrons. The summed E-state index contributed by atoms with van der Waals surface area (Å²) in [5.41, 5.74) is 3.74. The molecule has 0 aliphatic carbocycles. The molecular weight excluding hydrogens is 360 g/mol. The molecule has 5 aromatic rings. The van der Waals surface area contributed by atoms with Gasteiger partial charge in [0.15, 0.2) is 17.5 Å². The van der Waals surface area contributed by atoms with Crippen LogP contribution in [0.15, 0.2) is 84.9 Å². The summed E-state index contributed by atoms with van der Waals surface area (Å²) in [6, 6.07) is 27.9. The molecule has 140 valence electrons. The molecule has 0 bridgehead atoms. The molecule has 5 heteroatoms. The normalized spacial score (nSPS) is 10.9. The van der Waals surface area contributed by atoms with Crippen LogP contribution in [0.25, 0.3) is 45.2 Å². The number of nitrogens with one attached hydrogen (secondary N) is 1. The molecule has 0 amide bonds. The zero-order valence-electron chi connectivity index (χ0n) is 15.8. The molecule has 2 aromatic heterocycles. The molecular formula is C24H18N4O. The quantitative estimate of drug-likeness (QED) is 0.457. The molecule has 5 nitrogen and oxygen atoms in total. The first-order chi connectivity index (χ1) is 14.3. The molecule has 0 unspecified atom stereocenters. The number of H-pyrrole nitrogens is 1. The van der Waals surface area contributed by atoms with Crippen molar-refractivity contribution >= 4 is 10.9 Å². The van der Waals surface area contributed by atoms with Gasteiger partial charge in [0.05, 0.1) is 12.8 Å². The predicted molar refractivity (Wildman–Crippen MR) is 115 cm³/mol. The Balaban J connectivity index is 1.69. The van der Waals surface area contributed by atoms with E-state index in [4.69, 9.17) is 19.7 Å². The lowest BCUT2D eigenvalue weighted by Crippen LogP contribution is -2.00. The fraction of sp³-hybridized carbons (Fsp3) is 0.0417. The second kappa shape index (κ2) is 7.20. The van der Waals surface area contributed by atoms with Crippen LogP contribution in [0.3, 0.4) is 0 Å². The van der Waals surface area contributed by atoms with Crippen molar-refractivity contribution in [2.75, 3.05) is 7.11 Å². The van der Waals surface area contributed by atoms with E-state index in [0.29, 0.717) is 17.5 Å². The Hall–Kier alpha value is -3.99. The highest BCUT2D eigenvalue weighted by atomic mass is 16.5. The third-order valence-electron chi connectivity index (χ3n) is 4.77. The Bertz CT molecular complexity index is 1220. The van der Waals surface area contributed by atoms with Crippen LogP contribution in [0.4, 0.5) is 0 Å². The molecule has 0 saturated heterocycles. The number of aromatic nitrogens is 4. The summed E-state index contributed by atoms with van der Waals surface area (Å²) in [4.78, 5) is 17.6. The van der Waals surface area contributed by atoms with Crippen molar-refractivity contribution in [2.45, 2.75) is 0 Å². The number of aromatic amines is 1. The second-order valence-electron chi connectivity index (χ2n) is 6.67. The Morgan fingerprint density at radius 3 is 1.83 bits per heavy atom. The predicted octanol–water partition coefficient (Wildman–Crippen LogP) is 5.36. The highest BCUT2D eigenvalue weighted by Crippen LogP contribution is 2.28. The van der Waals surface area contributed by atoms with Crippen molar-refractivity contribution in [1.29, 1.82) is 0 Å². The van der Waals surface area contributed by atoms with E-state index < -0.39 is 0 Å². The van der Waals surface area contributed by atoms with Crippen LogP contribution in [0.5, 0.6) is 5.75 Å². The number of benzene rings is 3. The van der Waals surface area contributed by atoms with E-state index in [2.05, 4.69) is 4.98 Å². The smallest absolute Gasteiger partial charge is 0.180 e.